The number of furan rings is 1. The van der Waals surface area contributed by atoms with Crippen molar-refractivity contribution >= 4 is 60.8 Å². The largest absolute Gasteiger partial charge is 0.456 e. The van der Waals surface area contributed by atoms with Crippen LogP contribution in [-0.4, -0.2) is 4.57 Å². The second-order valence-corrected chi connectivity index (χ2v) is 16.1. The summed E-state index contributed by atoms with van der Waals surface area (Å²) in [6, 6.07) is 87.2. The summed E-state index contributed by atoms with van der Waals surface area (Å²) in [5, 5.41) is 4.66. The second-order valence-electron chi connectivity index (χ2n) is 16.1. The predicted molar refractivity (Wildman–Crippen MR) is 264 cm³/mol. The molecule has 3 nitrogen and oxygen atoms in total. The molecule has 0 spiro atoms. The Bertz CT molecular complexity index is 3490. The molecule has 0 saturated carbocycles. The molecule has 2 aromatic heterocycles. The van der Waals surface area contributed by atoms with Gasteiger partial charge in [0.1, 0.15) is 11.2 Å². The van der Waals surface area contributed by atoms with Crippen LogP contribution in [0, 0.1) is 0 Å². The lowest BCUT2D eigenvalue weighted by molar-refractivity contribution is 0.669. The predicted octanol–water partition coefficient (Wildman–Crippen LogP) is 16.8. The lowest BCUT2D eigenvalue weighted by Crippen LogP contribution is -2.09. The first-order valence-corrected chi connectivity index (χ1v) is 21.5. The molecule has 0 aliphatic heterocycles. The maximum Gasteiger partial charge on any atom is 0.135 e. The average Bonchev–Trinajstić information content (AvgIpc) is 3.90. The fourth-order valence-corrected chi connectivity index (χ4v) is 9.34. The Labute approximate surface area is 366 Å². The van der Waals surface area contributed by atoms with Gasteiger partial charge in [0.05, 0.1) is 16.7 Å². The molecule has 296 valence electrons. The van der Waals surface area contributed by atoms with Crippen LogP contribution in [0.3, 0.4) is 0 Å². The summed E-state index contributed by atoms with van der Waals surface area (Å²) in [6.45, 7) is 0. The van der Waals surface area contributed by atoms with Crippen LogP contribution in [0.2, 0.25) is 0 Å². The molecular weight excluding hydrogens is 765 g/mol. The van der Waals surface area contributed by atoms with Crippen molar-refractivity contribution in [1.82, 2.24) is 4.57 Å². The molecule has 12 aromatic rings. The fraction of sp³-hybridized carbons (Fsp3) is 0. The van der Waals surface area contributed by atoms with Crippen molar-refractivity contribution in [3.05, 3.63) is 243 Å². The van der Waals surface area contributed by atoms with Gasteiger partial charge in [-0.2, -0.15) is 0 Å². The van der Waals surface area contributed by atoms with Crippen LogP contribution in [0.4, 0.5) is 17.1 Å². The van der Waals surface area contributed by atoms with Crippen molar-refractivity contribution in [3.8, 4) is 50.2 Å². The Morgan fingerprint density at radius 2 is 0.730 bits per heavy atom. The van der Waals surface area contributed by atoms with Crippen molar-refractivity contribution in [1.29, 1.82) is 0 Å². The molecule has 0 radical (unpaired) electrons. The molecule has 0 aliphatic carbocycles. The Kier molecular flexibility index (Phi) is 8.83. The zero-order valence-electron chi connectivity index (χ0n) is 34.4. The van der Waals surface area contributed by atoms with E-state index in [-0.39, 0.29) is 0 Å². The van der Waals surface area contributed by atoms with Gasteiger partial charge in [0.2, 0.25) is 0 Å². The monoisotopic (exact) mass is 804 g/mol. The number of benzene rings is 10. The molecule has 0 N–H and O–H groups in total. The number of para-hydroxylation sites is 2. The summed E-state index contributed by atoms with van der Waals surface area (Å²) in [6.07, 6.45) is 0. The molecular formula is C60H40N2O. The Morgan fingerprint density at radius 1 is 0.286 bits per heavy atom. The van der Waals surface area contributed by atoms with E-state index < -0.39 is 0 Å². The first kappa shape index (κ1) is 36.5. The van der Waals surface area contributed by atoms with Crippen LogP contribution in [0.15, 0.2) is 247 Å². The molecule has 12 rings (SSSR count). The number of hydrogen-bond donors (Lipinski definition) is 0. The molecule has 0 amide bonds. The van der Waals surface area contributed by atoms with E-state index in [0.29, 0.717) is 0 Å². The van der Waals surface area contributed by atoms with Crippen molar-refractivity contribution in [2.24, 2.45) is 0 Å². The highest BCUT2D eigenvalue weighted by atomic mass is 16.3. The maximum absolute atomic E-state index is 6.26. The van der Waals surface area contributed by atoms with E-state index in [1.54, 1.807) is 0 Å². The van der Waals surface area contributed by atoms with E-state index in [9.17, 15) is 0 Å². The number of nitrogens with zero attached hydrogens (tertiary/aromatic N) is 2. The van der Waals surface area contributed by atoms with Crippen molar-refractivity contribution in [3.63, 3.8) is 0 Å². The molecule has 10 aromatic carbocycles. The minimum atomic E-state index is 0.878. The molecule has 0 aliphatic rings. The summed E-state index contributed by atoms with van der Waals surface area (Å²) in [5.74, 6) is 0. The third-order valence-corrected chi connectivity index (χ3v) is 12.4. The van der Waals surface area contributed by atoms with Gasteiger partial charge in [-0.15, -0.1) is 0 Å². The van der Waals surface area contributed by atoms with E-state index in [1.165, 1.54) is 55.2 Å². The zero-order valence-corrected chi connectivity index (χ0v) is 34.4. The zero-order chi connectivity index (χ0) is 41.7. The number of hydrogen-bond acceptors (Lipinski definition) is 2. The Morgan fingerprint density at radius 3 is 1.33 bits per heavy atom. The van der Waals surface area contributed by atoms with Gasteiger partial charge < -0.3 is 13.9 Å². The maximum atomic E-state index is 6.26. The van der Waals surface area contributed by atoms with Gasteiger partial charge in [-0.1, -0.05) is 176 Å². The van der Waals surface area contributed by atoms with E-state index in [2.05, 4.69) is 240 Å². The Balaban J connectivity index is 1.01. The number of fused-ring (bicyclic) bond motifs is 6. The SMILES string of the molecule is c1ccc(-c2ccc(N(c3ccc(-c4ccccc4-n4c5cc(-c6ccccc6)ccc5c5ccc(-c6ccccc6)cc54)cc3)c3ccc4oc5ccccc5c4c3)cc2)cc1. The number of aromatic nitrogens is 1. The van der Waals surface area contributed by atoms with Gasteiger partial charge in [-0.25, -0.2) is 0 Å². The van der Waals surface area contributed by atoms with Crippen LogP contribution in [0.25, 0.3) is 93.9 Å². The molecule has 0 atom stereocenters. The van der Waals surface area contributed by atoms with Crippen LogP contribution in [0.5, 0.6) is 0 Å². The lowest BCUT2D eigenvalue weighted by atomic mass is 10.0. The summed E-state index contributed by atoms with van der Waals surface area (Å²) in [7, 11) is 0. The van der Waals surface area contributed by atoms with E-state index in [4.69, 9.17) is 4.42 Å². The minimum absolute atomic E-state index is 0.878. The van der Waals surface area contributed by atoms with Gasteiger partial charge in [0, 0.05) is 44.2 Å². The lowest BCUT2D eigenvalue weighted by Gasteiger charge is -2.26. The van der Waals surface area contributed by atoms with Crippen molar-refractivity contribution in [2.45, 2.75) is 0 Å². The van der Waals surface area contributed by atoms with Gasteiger partial charge in [0.15, 0.2) is 0 Å². The van der Waals surface area contributed by atoms with Gasteiger partial charge in [-0.3, -0.25) is 0 Å². The van der Waals surface area contributed by atoms with Crippen LogP contribution >= 0.6 is 0 Å². The van der Waals surface area contributed by atoms with Crippen LogP contribution < -0.4 is 4.90 Å². The number of rotatable bonds is 8. The minimum Gasteiger partial charge on any atom is -0.456 e. The highest BCUT2D eigenvalue weighted by molar-refractivity contribution is 6.12. The number of anilines is 3. The van der Waals surface area contributed by atoms with Gasteiger partial charge in [0.25, 0.3) is 0 Å². The quantitative estimate of drug-likeness (QED) is 0.153. The smallest absolute Gasteiger partial charge is 0.135 e. The summed E-state index contributed by atoms with van der Waals surface area (Å²) < 4.78 is 8.73. The molecule has 63 heavy (non-hydrogen) atoms. The summed E-state index contributed by atoms with van der Waals surface area (Å²) in [4.78, 5) is 2.34. The molecule has 3 heteroatoms. The molecule has 0 fully saturated rings. The Hall–Kier alpha value is -8.40. The third-order valence-electron chi connectivity index (χ3n) is 12.4. The van der Waals surface area contributed by atoms with E-state index in [1.807, 2.05) is 12.1 Å². The normalized spacial score (nSPS) is 11.5. The van der Waals surface area contributed by atoms with E-state index >= 15 is 0 Å². The van der Waals surface area contributed by atoms with Gasteiger partial charge >= 0.3 is 0 Å². The van der Waals surface area contributed by atoms with Gasteiger partial charge in [-0.05, 0) is 106 Å². The fourth-order valence-electron chi connectivity index (χ4n) is 9.34. The first-order valence-electron chi connectivity index (χ1n) is 21.5. The third kappa shape index (κ3) is 6.46. The van der Waals surface area contributed by atoms with Crippen LogP contribution in [-0.2, 0) is 0 Å². The van der Waals surface area contributed by atoms with Crippen molar-refractivity contribution in [2.75, 3.05) is 4.90 Å². The molecule has 0 unspecified atom stereocenters. The standard InChI is InChI=1S/C60H40N2O/c1-4-14-41(15-5-1)44-24-30-48(31-25-44)61(50-34-37-60-55(40-50)54-21-11-13-23-59(54)63-60)49-32-26-45(27-33-49)51-20-10-12-22-56(51)62-57-38-46(42-16-6-2-7-17-42)28-35-52(57)53-36-29-47(39-58(53)62)43-18-8-3-9-19-43/h1-40H. The molecule has 0 bridgehead atoms. The molecule has 2 heterocycles. The molecule has 0 saturated heterocycles. The van der Waals surface area contributed by atoms with E-state index in [0.717, 1.165) is 55.8 Å². The highest BCUT2D eigenvalue weighted by Crippen LogP contribution is 2.42. The highest BCUT2D eigenvalue weighted by Gasteiger charge is 2.20. The second kappa shape index (κ2) is 15.3. The average molecular weight is 805 g/mol. The van der Waals surface area contributed by atoms with Crippen molar-refractivity contribution < 1.29 is 4.42 Å². The summed E-state index contributed by atoms with van der Waals surface area (Å²) >= 11 is 0. The van der Waals surface area contributed by atoms with Crippen LogP contribution in [0.1, 0.15) is 0 Å². The topological polar surface area (TPSA) is 21.3 Å². The first-order chi connectivity index (χ1) is 31.2. The summed E-state index contributed by atoms with van der Waals surface area (Å²) in [5.41, 5.74) is 17.9.